The van der Waals surface area contributed by atoms with Gasteiger partial charge in [-0.1, -0.05) is 0 Å². The zero-order chi connectivity index (χ0) is 21.3. The Labute approximate surface area is 173 Å². The molecule has 4 rings (SSSR count). The highest BCUT2D eigenvalue weighted by molar-refractivity contribution is 7.86. The first kappa shape index (κ1) is 20.6. The molecule has 0 bridgehead atoms. The van der Waals surface area contributed by atoms with E-state index in [0.29, 0.717) is 37.6 Å². The van der Waals surface area contributed by atoms with E-state index in [1.165, 1.54) is 22.6 Å². The van der Waals surface area contributed by atoms with Crippen molar-refractivity contribution in [3.63, 3.8) is 0 Å². The number of carbonyl (C=O) groups is 1. The van der Waals surface area contributed by atoms with Crippen LogP contribution in [0.2, 0.25) is 0 Å². The summed E-state index contributed by atoms with van der Waals surface area (Å²) in [5.41, 5.74) is -0.139. The summed E-state index contributed by atoms with van der Waals surface area (Å²) in [6, 6.07) is 5.71. The van der Waals surface area contributed by atoms with Gasteiger partial charge in [0.2, 0.25) is 5.88 Å². The van der Waals surface area contributed by atoms with E-state index in [0.717, 1.165) is 12.1 Å². The lowest BCUT2D eigenvalue weighted by molar-refractivity contribution is -0.137. The van der Waals surface area contributed by atoms with Crippen molar-refractivity contribution in [3.8, 4) is 5.88 Å². The topological polar surface area (TPSA) is 72.0 Å². The van der Waals surface area contributed by atoms with E-state index in [1.807, 2.05) is 0 Å². The molecule has 1 aromatic heterocycles. The number of carbonyl (C=O) groups excluding carboxylic acids is 1. The normalized spacial score (nSPS) is 17.8. The van der Waals surface area contributed by atoms with Gasteiger partial charge in [0.05, 0.1) is 35.8 Å². The SMILES string of the molecule is O=C(c1cnc2c(c1)N(S(=O)c1ccc(C(F)(F)F)cc1)CCO2)N1CCOCC1. The highest BCUT2D eigenvalue weighted by Gasteiger charge is 2.31. The standard InChI is InChI=1S/C19H18F3N3O4S/c20-19(21,22)14-1-3-15(4-2-14)30(27)25-7-10-29-17-16(25)11-13(12-23-17)18(26)24-5-8-28-9-6-24/h1-4,11-12H,5-10H2. The summed E-state index contributed by atoms with van der Waals surface area (Å²) in [5, 5.41) is 0. The maximum Gasteiger partial charge on any atom is 0.416 e. The lowest BCUT2D eigenvalue weighted by Gasteiger charge is -2.30. The summed E-state index contributed by atoms with van der Waals surface area (Å²) in [5.74, 6) is -0.000486. The van der Waals surface area contributed by atoms with Crippen LogP contribution in [0.3, 0.4) is 0 Å². The Kier molecular flexibility index (Phi) is 5.65. The Morgan fingerprint density at radius 1 is 1.07 bits per heavy atom. The Morgan fingerprint density at radius 3 is 2.43 bits per heavy atom. The molecule has 2 aromatic rings. The molecular formula is C19H18F3N3O4S. The van der Waals surface area contributed by atoms with Crippen LogP contribution in [0.15, 0.2) is 41.4 Å². The zero-order valence-electron chi connectivity index (χ0n) is 15.7. The molecule has 1 aromatic carbocycles. The van der Waals surface area contributed by atoms with Crippen LogP contribution in [-0.2, 0) is 21.9 Å². The molecule has 7 nitrogen and oxygen atoms in total. The van der Waals surface area contributed by atoms with Crippen LogP contribution in [0, 0.1) is 0 Å². The van der Waals surface area contributed by atoms with Crippen LogP contribution in [0.25, 0.3) is 0 Å². The van der Waals surface area contributed by atoms with Gasteiger partial charge in [-0.15, -0.1) is 0 Å². The number of halogens is 3. The molecule has 0 N–H and O–H groups in total. The first-order valence-electron chi connectivity index (χ1n) is 9.21. The smallest absolute Gasteiger partial charge is 0.416 e. The molecule has 3 heterocycles. The molecule has 1 amide bonds. The van der Waals surface area contributed by atoms with Crippen molar-refractivity contribution in [1.82, 2.24) is 9.88 Å². The summed E-state index contributed by atoms with van der Waals surface area (Å²) in [4.78, 5) is 18.8. The first-order chi connectivity index (χ1) is 14.3. The van der Waals surface area contributed by atoms with Crippen LogP contribution in [0.4, 0.5) is 18.9 Å². The van der Waals surface area contributed by atoms with Gasteiger partial charge < -0.3 is 14.4 Å². The molecule has 0 saturated carbocycles. The first-order valence-corrected chi connectivity index (χ1v) is 10.3. The summed E-state index contributed by atoms with van der Waals surface area (Å²) < 4.78 is 63.7. The number of aromatic nitrogens is 1. The summed E-state index contributed by atoms with van der Waals surface area (Å²) in [6.45, 7) is 2.29. The van der Waals surface area contributed by atoms with Crippen LogP contribution in [0.5, 0.6) is 5.88 Å². The Hall–Kier alpha value is -2.66. The fourth-order valence-corrected chi connectivity index (χ4v) is 4.38. The predicted molar refractivity (Wildman–Crippen MR) is 102 cm³/mol. The monoisotopic (exact) mass is 441 g/mol. The van der Waals surface area contributed by atoms with E-state index in [1.54, 1.807) is 11.0 Å². The highest BCUT2D eigenvalue weighted by Crippen LogP contribution is 2.34. The van der Waals surface area contributed by atoms with Crippen molar-refractivity contribution < 1.29 is 31.6 Å². The van der Waals surface area contributed by atoms with Crippen LogP contribution in [-0.4, -0.2) is 59.5 Å². The minimum absolute atomic E-state index is 0.209. The third kappa shape index (κ3) is 4.12. The second kappa shape index (κ2) is 8.23. The third-order valence-electron chi connectivity index (χ3n) is 4.76. The number of anilines is 1. The molecular weight excluding hydrogens is 423 g/mol. The van der Waals surface area contributed by atoms with Gasteiger partial charge in [-0.25, -0.2) is 9.19 Å². The Morgan fingerprint density at radius 2 is 1.77 bits per heavy atom. The number of hydrogen-bond donors (Lipinski definition) is 0. The fourth-order valence-electron chi connectivity index (χ4n) is 3.20. The zero-order valence-corrected chi connectivity index (χ0v) is 16.5. The fraction of sp³-hybridized carbons (Fsp3) is 0.368. The molecule has 1 saturated heterocycles. The predicted octanol–water partition coefficient (Wildman–Crippen LogP) is 2.49. The van der Waals surface area contributed by atoms with Crippen molar-refractivity contribution in [2.75, 3.05) is 43.8 Å². The average Bonchev–Trinajstić information content (AvgIpc) is 2.77. The van der Waals surface area contributed by atoms with Crippen molar-refractivity contribution >= 4 is 22.6 Å². The molecule has 2 aliphatic rings. The lowest BCUT2D eigenvalue weighted by atomic mass is 10.2. The number of pyridine rings is 1. The molecule has 1 atom stereocenters. The van der Waals surface area contributed by atoms with E-state index in [4.69, 9.17) is 9.47 Å². The quantitative estimate of drug-likeness (QED) is 0.732. The molecule has 0 aliphatic carbocycles. The molecule has 0 spiro atoms. The number of ether oxygens (including phenoxy) is 2. The van der Waals surface area contributed by atoms with E-state index in [2.05, 4.69) is 4.98 Å². The van der Waals surface area contributed by atoms with Crippen LogP contribution in [0.1, 0.15) is 15.9 Å². The van der Waals surface area contributed by atoms with Crippen molar-refractivity contribution in [2.45, 2.75) is 11.1 Å². The number of morpholine rings is 1. The van der Waals surface area contributed by atoms with Crippen molar-refractivity contribution in [2.24, 2.45) is 0 Å². The van der Waals surface area contributed by atoms with Crippen LogP contribution < -0.4 is 9.04 Å². The van der Waals surface area contributed by atoms with E-state index in [9.17, 15) is 22.2 Å². The van der Waals surface area contributed by atoms with E-state index < -0.39 is 22.7 Å². The van der Waals surface area contributed by atoms with Crippen molar-refractivity contribution in [1.29, 1.82) is 0 Å². The number of benzene rings is 1. The second-order valence-corrected chi connectivity index (χ2v) is 8.09. The number of fused-ring (bicyclic) bond motifs is 1. The maximum atomic E-state index is 13.1. The van der Waals surface area contributed by atoms with Gasteiger partial charge in [0.1, 0.15) is 12.3 Å². The van der Waals surface area contributed by atoms with E-state index in [-0.39, 0.29) is 29.8 Å². The Balaban J connectivity index is 1.60. The number of rotatable bonds is 3. The van der Waals surface area contributed by atoms with Gasteiger partial charge in [-0.05, 0) is 30.3 Å². The van der Waals surface area contributed by atoms with Gasteiger partial charge in [0.25, 0.3) is 5.91 Å². The highest BCUT2D eigenvalue weighted by atomic mass is 32.2. The summed E-state index contributed by atoms with van der Waals surface area (Å²) in [7, 11) is -1.79. The third-order valence-corrected chi connectivity index (χ3v) is 6.22. The maximum absolute atomic E-state index is 13.1. The minimum Gasteiger partial charge on any atom is -0.474 e. The molecule has 30 heavy (non-hydrogen) atoms. The molecule has 1 fully saturated rings. The molecule has 1 unspecified atom stereocenters. The van der Waals surface area contributed by atoms with E-state index >= 15 is 0 Å². The second-order valence-electron chi connectivity index (χ2n) is 6.67. The summed E-state index contributed by atoms with van der Waals surface area (Å²) >= 11 is 0. The number of hydrogen-bond acceptors (Lipinski definition) is 5. The van der Waals surface area contributed by atoms with Crippen molar-refractivity contribution in [3.05, 3.63) is 47.7 Å². The summed E-state index contributed by atoms with van der Waals surface area (Å²) in [6.07, 6.45) is -3.06. The van der Waals surface area contributed by atoms with Gasteiger partial charge in [-0.3, -0.25) is 9.10 Å². The lowest BCUT2D eigenvalue weighted by Crippen LogP contribution is -2.41. The average molecular weight is 441 g/mol. The molecule has 160 valence electrons. The number of alkyl halides is 3. The van der Waals surface area contributed by atoms with Gasteiger partial charge in [0, 0.05) is 19.3 Å². The van der Waals surface area contributed by atoms with Crippen LogP contribution >= 0.6 is 0 Å². The number of nitrogens with zero attached hydrogens (tertiary/aromatic N) is 3. The van der Waals surface area contributed by atoms with Gasteiger partial charge in [-0.2, -0.15) is 13.2 Å². The van der Waals surface area contributed by atoms with Gasteiger partial charge in [0.15, 0.2) is 11.0 Å². The molecule has 2 aliphatic heterocycles. The Bertz CT molecular complexity index is 962. The molecule has 0 radical (unpaired) electrons. The largest absolute Gasteiger partial charge is 0.474 e. The number of amides is 1. The van der Waals surface area contributed by atoms with Gasteiger partial charge >= 0.3 is 6.18 Å². The minimum atomic E-state index is -4.47. The molecule has 11 heteroatoms.